The summed E-state index contributed by atoms with van der Waals surface area (Å²) in [5.41, 5.74) is 4.63. The van der Waals surface area contributed by atoms with Gasteiger partial charge in [-0.2, -0.15) is 0 Å². The fourth-order valence-corrected chi connectivity index (χ4v) is 4.07. The Bertz CT molecular complexity index is 788. The number of hydrogen-bond donors (Lipinski definition) is 0. The summed E-state index contributed by atoms with van der Waals surface area (Å²) < 4.78 is 0. The Hall–Kier alpha value is -2.33. The molecule has 2 aliphatic rings. The van der Waals surface area contributed by atoms with Crippen LogP contribution in [0.3, 0.4) is 0 Å². The summed E-state index contributed by atoms with van der Waals surface area (Å²) >= 11 is 0. The minimum atomic E-state index is 0.160. The molecular formula is C21H25N3O. The molecular weight excluding hydrogens is 310 g/mol. The summed E-state index contributed by atoms with van der Waals surface area (Å²) in [6, 6.07) is 16.9. The van der Waals surface area contributed by atoms with Crippen molar-refractivity contribution in [3.8, 4) is 0 Å². The van der Waals surface area contributed by atoms with Gasteiger partial charge in [-0.15, -0.1) is 0 Å². The maximum atomic E-state index is 12.9. The molecule has 4 rings (SSSR count). The van der Waals surface area contributed by atoms with Gasteiger partial charge in [-0.25, -0.2) is 0 Å². The number of anilines is 1. The number of hydrogen-bond acceptors (Lipinski definition) is 3. The van der Waals surface area contributed by atoms with Gasteiger partial charge in [0.2, 0.25) is 0 Å². The SMILES string of the molecule is Cc1cccc(C(=O)N2CCN3Cc4ccccc4N(C)CC3C2)c1. The van der Waals surface area contributed by atoms with Crippen molar-refractivity contribution in [2.45, 2.75) is 19.5 Å². The lowest BCUT2D eigenvalue weighted by atomic mass is 10.1. The van der Waals surface area contributed by atoms with E-state index in [9.17, 15) is 4.79 Å². The molecule has 2 aliphatic heterocycles. The van der Waals surface area contributed by atoms with Gasteiger partial charge in [-0.05, 0) is 30.7 Å². The van der Waals surface area contributed by atoms with Gasteiger partial charge in [0.15, 0.2) is 0 Å². The van der Waals surface area contributed by atoms with E-state index in [2.05, 4.69) is 41.1 Å². The van der Waals surface area contributed by atoms with Crippen LogP contribution in [0.1, 0.15) is 21.5 Å². The number of carbonyl (C=O) groups excluding carboxylic acids is 1. The average Bonchev–Trinajstić information content (AvgIpc) is 2.76. The van der Waals surface area contributed by atoms with Gasteiger partial charge in [0.1, 0.15) is 0 Å². The molecule has 1 saturated heterocycles. The van der Waals surface area contributed by atoms with Crippen LogP contribution in [-0.2, 0) is 6.54 Å². The van der Waals surface area contributed by atoms with Gasteiger partial charge >= 0.3 is 0 Å². The van der Waals surface area contributed by atoms with Crippen LogP contribution in [0, 0.1) is 6.92 Å². The predicted octanol–water partition coefficient (Wildman–Crippen LogP) is 2.77. The van der Waals surface area contributed by atoms with E-state index in [1.807, 2.05) is 36.1 Å². The summed E-state index contributed by atoms with van der Waals surface area (Å²) in [7, 11) is 2.16. The third-order valence-corrected chi connectivity index (χ3v) is 5.42. The van der Waals surface area contributed by atoms with Crippen LogP contribution in [-0.4, -0.2) is 55.0 Å². The first kappa shape index (κ1) is 16.2. The zero-order chi connectivity index (χ0) is 17.4. The van der Waals surface area contributed by atoms with Gasteiger partial charge in [0.05, 0.1) is 0 Å². The minimum absolute atomic E-state index is 0.160. The molecule has 25 heavy (non-hydrogen) atoms. The Labute approximate surface area is 149 Å². The van der Waals surface area contributed by atoms with Crippen molar-refractivity contribution in [2.75, 3.05) is 38.1 Å². The van der Waals surface area contributed by atoms with Crippen LogP contribution in [0.4, 0.5) is 5.69 Å². The van der Waals surface area contributed by atoms with Gasteiger partial charge in [0, 0.05) is 57.1 Å². The third kappa shape index (κ3) is 3.14. The first-order chi connectivity index (χ1) is 12.1. The third-order valence-electron chi connectivity index (χ3n) is 5.42. The van der Waals surface area contributed by atoms with E-state index in [1.165, 1.54) is 11.3 Å². The molecule has 130 valence electrons. The molecule has 1 atom stereocenters. The minimum Gasteiger partial charge on any atom is -0.373 e. The molecule has 1 fully saturated rings. The Morgan fingerprint density at radius 1 is 1.04 bits per heavy atom. The van der Waals surface area contributed by atoms with Crippen LogP contribution >= 0.6 is 0 Å². The Morgan fingerprint density at radius 2 is 1.88 bits per heavy atom. The van der Waals surface area contributed by atoms with Gasteiger partial charge in [-0.1, -0.05) is 35.9 Å². The molecule has 0 aromatic heterocycles. The number of benzene rings is 2. The van der Waals surface area contributed by atoms with Crippen molar-refractivity contribution < 1.29 is 4.79 Å². The highest BCUT2D eigenvalue weighted by Crippen LogP contribution is 2.28. The molecule has 4 heteroatoms. The first-order valence-electron chi connectivity index (χ1n) is 9.01. The van der Waals surface area contributed by atoms with Gasteiger partial charge in [-0.3, -0.25) is 9.69 Å². The number of para-hydroxylation sites is 1. The van der Waals surface area contributed by atoms with Crippen LogP contribution in [0.15, 0.2) is 48.5 Å². The number of carbonyl (C=O) groups is 1. The Morgan fingerprint density at radius 3 is 2.72 bits per heavy atom. The van der Waals surface area contributed by atoms with E-state index < -0.39 is 0 Å². The molecule has 1 unspecified atom stereocenters. The Balaban J connectivity index is 1.53. The number of fused-ring (bicyclic) bond motifs is 2. The van der Waals surface area contributed by atoms with Crippen molar-refractivity contribution >= 4 is 11.6 Å². The molecule has 1 amide bonds. The predicted molar refractivity (Wildman–Crippen MR) is 101 cm³/mol. The van der Waals surface area contributed by atoms with Crippen LogP contribution in [0.25, 0.3) is 0 Å². The summed E-state index contributed by atoms with van der Waals surface area (Å²) in [4.78, 5) is 19.8. The van der Waals surface area contributed by atoms with Crippen LogP contribution in [0.2, 0.25) is 0 Å². The second-order valence-corrected chi connectivity index (χ2v) is 7.25. The summed E-state index contributed by atoms with van der Waals surface area (Å²) in [6.07, 6.45) is 0. The molecule has 0 aliphatic carbocycles. The molecule has 2 aromatic rings. The van der Waals surface area contributed by atoms with Crippen LogP contribution < -0.4 is 4.90 Å². The quantitative estimate of drug-likeness (QED) is 0.802. The average molecular weight is 335 g/mol. The van der Waals surface area contributed by atoms with E-state index in [4.69, 9.17) is 0 Å². The summed E-state index contributed by atoms with van der Waals surface area (Å²) in [6.45, 7) is 6.49. The van der Waals surface area contributed by atoms with Crippen molar-refractivity contribution in [1.29, 1.82) is 0 Å². The molecule has 0 radical (unpaired) electrons. The van der Waals surface area contributed by atoms with E-state index in [0.29, 0.717) is 6.04 Å². The van der Waals surface area contributed by atoms with Gasteiger partial charge < -0.3 is 9.80 Å². The normalized spacial score (nSPS) is 20.6. The van der Waals surface area contributed by atoms with Crippen molar-refractivity contribution in [1.82, 2.24) is 9.80 Å². The zero-order valence-electron chi connectivity index (χ0n) is 15.0. The van der Waals surface area contributed by atoms with Crippen molar-refractivity contribution in [2.24, 2.45) is 0 Å². The second kappa shape index (κ2) is 6.52. The van der Waals surface area contributed by atoms with Crippen molar-refractivity contribution in [3.63, 3.8) is 0 Å². The monoisotopic (exact) mass is 335 g/mol. The number of nitrogens with zero attached hydrogens (tertiary/aromatic N) is 3. The highest BCUT2D eigenvalue weighted by Gasteiger charge is 2.33. The lowest BCUT2D eigenvalue weighted by Crippen LogP contribution is -2.56. The molecule has 0 N–H and O–H groups in total. The smallest absolute Gasteiger partial charge is 0.253 e. The number of piperazine rings is 1. The fourth-order valence-electron chi connectivity index (χ4n) is 4.07. The first-order valence-corrected chi connectivity index (χ1v) is 9.01. The molecule has 0 bridgehead atoms. The molecule has 0 saturated carbocycles. The van der Waals surface area contributed by atoms with Crippen molar-refractivity contribution in [3.05, 3.63) is 65.2 Å². The Kier molecular flexibility index (Phi) is 4.22. The fraction of sp³-hybridized carbons (Fsp3) is 0.381. The molecule has 2 aromatic carbocycles. The topological polar surface area (TPSA) is 26.8 Å². The molecule has 4 nitrogen and oxygen atoms in total. The zero-order valence-corrected chi connectivity index (χ0v) is 15.0. The lowest BCUT2D eigenvalue weighted by Gasteiger charge is -2.41. The van der Waals surface area contributed by atoms with Crippen LogP contribution in [0.5, 0.6) is 0 Å². The van der Waals surface area contributed by atoms with E-state index in [-0.39, 0.29) is 5.91 Å². The number of aryl methyl sites for hydroxylation is 1. The standard InChI is InChI=1S/C21H25N3O/c1-16-6-5-8-17(12-16)21(25)24-11-10-23-13-18-7-3-4-9-20(18)22(2)14-19(23)15-24/h3-9,12,19H,10-11,13-15H2,1-2H3. The van der Waals surface area contributed by atoms with E-state index >= 15 is 0 Å². The maximum Gasteiger partial charge on any atom is 0.253 e. The molecule has 0 spiro atoms. The summed E-state index contributed by atoms with van der Waals surface area (Å²) in [5, 5.41) is 0. The highest BCUT2D eigenvalue weighted by molar-refractivity contribution is 5.94. The van der Waals surface area contributed by atoms with E-state index in [1.54, 1.807) is 0 Å². The highest BCUT2D eigenvalue weighted by atomic mass is 16.2. The maximum absolute atomic E-state index is 12.9. The largest absolute Gasteiger partial charge is 0.373 e. The summed E-state index contributed by atoms with van der Waals surface area (Å²) in [5.74, 6) is 0.160. The number of rotatable bonds is 1. The lowest BCUT2D eigenvalue weighted by molar-refractivity contribution is 0.0485. The second-order valence-electron chi connectivity index (χ2n) is 7.25. The number of amides is 1. The molecule has 2 heterocycles. The van der Waals surface area contributed by atoms with E-state index in [0.717, 1.165) is 43.9 Å². The number of likely N-dealkylation sites (N-methyl/N-ethyl adjacent to an activating group) is 1. The van der Waals surface area contributed by atoms with Gasteiger partial charge in [0.25, 0.3) is 5.91 Å².